The second-order valence-electron chi connectivity index (χ2n) is 5.03. The highest BCUT2D eigenvalue weighted by molar-refractivity contribution is 7.98. The average Bonchev–Trinajstić information content (AvgIpc) is 3.08. The molecule has 0 radical (unpaired) electrons. The second-order valence-corrected chi connectivity index (χ2v) is 7.17. The molecule has 1 aromatic heterocycles. The Hall–Kier alpha value is -1.99. The lowest BCUT2D eigenvalue weighted by Crippen LogP contribution is -2.30. The first-order valence-corrected chi connectivity index (χ1v) is 9.44. The molecule has 24 heavy (non-hydrogen) atoms. The van der Waals surface area contributed by atoms with Gasteiger partial charge in [0.15, 0.2) is 6.61 Å². The Morgan fingerprint density at radius 2 is 2.12 bits per heavy atom. The standard InChI is InChI=1S/C17H19NO4S2/c1-12-4-2-6-14(16(12)20)17(21)22-10-15(19)18-7-9-23-11-13-5-3-8-24-13/h2-6,8,20H,7,9-11H2,1H3,(H,18,19). The number of aryl methyl sites for hydroxylation is 1. The Bertz CT molecular complexity index is 686. The molecule has 0 saturated heterocycles. The fourth-order valence-corrected chi connectivity index (χ4v) is 3.61. The van der Waals surface area contributed by atoms with Crippen molar-refractivity contribution in [2.24, 2.45) is 0 Å². The minimum Gasteiger partial charge on any atom is -0.507 e. The highest BCUT2D eigenvalue weighted by Gasteiger charge is 2.15. The zero-order valence-electron chi connectivity index (χ0n) is 13.3. The fraction of sp³-hybridized carbons (Fsp3) is 0.294. The van der Waals surface area contributed by atoms with E-state index >= 15 is 0 Å². The summed E-state index contributed by atoms with van der Waals surface area (Å²) in [5.74, 6) is 0.532. The third-order valence-electron chi connectivity index (χ3n) is 3.19. The summed E-state index contributed by atoms with van der Waals surface area (Å²) in [6, 6.07) is 8.89. The number of phenols is 1. The summed E-state index contributed by atoms with van der Waals surface area (Å²) in [5.41, 5.74) is 0.644. The summed E-state index contributed by atoms with van der Waals surface area (Å²) in [6.07, 6.45) is 0. The van der Waals surface area contributed by atoms with Crippen LogP contribution in [-0.2, 0) is 15.3 Å². The third kappa shape index (κ3) is 5.58. The number of carbonyl (C=O) groups is 2. The fourth-order valence-electron chi connectivity index (χ4n) is 1.91. The van der Waals surface area contributed by atoms with Crippen LogP contribution in [0.5, 0.6) is 5.75 Å². The van der Waals surface area contributed by atoms with E-state index in [1.54, 1.807) is 42.2 Å². The number of para-hydroxylation sites is 1. The number of thioether (sulfide) groups is 1. The van der Waals surface area contributed by atoms with E-state index in [-0.39, 0.29) is 23.8 Å². The van der Waals surface area contributed by atoms with Crippen LogP contribution in [0.2, 0.25) is 0 Å². The molecule has 0 atom stereocenters. The number of benzene rings is 1. The largest absolute Gasteiger partial charge is 0.507 e. The van der Waals surface area contributed by atoms with Gasteiger partial charge in [-0.3, -0.25) is 4.79 Å². The minimum atomic E-state index is -0.710. The molecule has 0 spiro atoms. The van der Waals surface area contributed by atoms with Crippen LogP contribution in [0.4, 0.5) is 0 Å². The summed E-state index contributed by atoms with van der Waals surface area (Å²) in [5, 5.41) is 14.5. The number of rotatable bonds is 8. The quantitative estimate of drug-likeness (QED) is 0.556. The molecule has 0 saturated carbocycles. The summed E-state index contributed by atoms with van der Waals surface area (Å²) < 4.78 is 4.93. The van der Waals surface area contributed by atoms with Crippen molar-refractivity contribution < 1.29 is 19.4 Å². The third-order valence-corrected chi connectivity index (χ3v) is 5.25. The highest BCUT2D eigenvalue weighted by Crippen LogP contribution is 2.22. The van der Waals surface area contributed by atoms with Crippen molar-refractivity contribution in [2.45, 2.75) is 12.7 Å². The van der Waals surface area contributed by atoms with E-state index in [9.17, 15) is 14.7 Å². The van der Waals surface area contributed by atoms with Crippen LogP contribution in [0, 0.1) is 6.92 Å². The Morgan fingerprint density at radius 1 is 1.29 bits per heavy atom. The Kier molecular flexibility index (Phi) is 7.14. The molecule has 1 amide bonds. The van der Waals surface area contributed by atoms with Gasteiger partial charge in [-0.2, -0.15) is 11.8 Å². The van der Waals surface area contributed by atoms with Gasteiger partial charge in [0.25, 0.3) is 5.91 Å². The molecule has 128 valence electrons. The van der Waals surface area contributed by atoms with Crippen LogP contribution >= 0.6 is 23.1 Å². The van der Waals surface area contributed by atoms with Crippen molar-refractivity contribution >= 4 is 35.0 Å². The number of carbonyl (C=O) groups excluding carboxylic acids is 2. The topological polar surface area (TPSA) is 75.6 Å². The molecule has 0 bridgehead atoms. The smallest absolute Gasteiger partial charge is 0.342 e. The van der Waals surface area contributed by atoms with Crippen molar-refractivity contribution in [2.75, 3.05) is 18.9 Å². The number of hydrogen-bond acceptors (Lipinski definition) is 6. The predicted molar refractivity (Wildman–Crippen MR) is 96.6 cm³/mol. The van der Waals surface area contributed by atoms with Crippen LogP contribution in [0.25, 0.3) is 0 Å². The zero-order chi connectivity index (χ0) is 17.4. The van der Waals surface area contributed by atoms with Gasteiger partial charge in [-0.15, -0.1) is 11.3 Å². The summed E-state index contributed by atoms with van der Waals surface area (Å²) in [4.78, 5) is 24.8. The van der Waals surface area contributed by atoms with Gasteiger partial charge in [0.1, 0.15) is 11.3 Å². The lowest BCUT2D eigenvalue weighted by atomic mass is 10.1. The van der Waals surface area contributed by atoms with Crippen LogP contribution in [0.1, 0.15) is 20.8 Å². The lowest BCUT2D eigenvalue weighted by molar-refractivity contribution is -0.124. The highest BCUT2D eigenvalue weighted by atomic mass is 32.2. The number of hydrogen-bond donors (Lipinski definition) is 2. The number of esters is 1. The van der Waals surface area contributed by atoms with Crippen molar-refractivity contribution in [3.63, 3.8) is 0 Å². The normalized spacial score (nSPS) is 10.4. The monoisotopic (exact) mass is 365 g/mol. The van der Waals surface area contributed by atoms with Gasteiger partial charge in [-0.05, 0) is 30.0 Å². The molecule has 0 aliphatic carbocycles. The summed E-state index contributed by atoms with van der Waals surface area (Å²) in [7, 11) is 0. The summed E-state index contributed by atoms with van der Waals surface area (Å²) in [6.45, 7) is 1.84. The molecule has 0 aliphatic rings. The zero-order valence-corrected chi connectivity index (χ0v) is 14.9. The first kappa shape index (κ1) is 18.4. The van der Waals surface area contributed by atoms with Crippen LogP contribution in [0.15, 0.2) is 35.7 Å². The van der Waals surface area contributed by atoms with Gasteiger partial charge in [0.05, 0.1) is 0 Å². The number of amides is 1. The Balaban J connectivity index is 1.64. The second kappa shape index (κ2) is 9.34. The van der Waals surface area contributed by atoms with Gasteiger partial charge in [0.2, 0.25) is 0 Å². The predicted octanol–water partition coefficient (Wildman–Crippen LogP) is 2.97. The number of thiophene rings is 1. The van der Waals surface area contributed by atoms with Crippen molar-refractivity contribution in [3.8, 4) is 5.75 Å². The number of ether oxygens (including phenoxy) is 1. The van der Waals surface area contributed by atoms with Crippen LogP contribution < -0.4 is 5.32 Å². The van der Waals surface area contributed by atoms with Gasteiger partial charge >= 0.3 is 5.97 Å². The van der Waals surface area contributed by atoms with Gasteiger partial charge in [0, 0.05) is 22.9 Å². The molecular formula is C17H19NO4S2. The molecule has 0 aliphatic heterocycles. The van der Waals surface area contributed by atoms with E-state index in [0.717, 1.165) is 11.5 Å². The molecule has 7 heteroatoms. The van der Waals surface area contributed by atoms with E-state index < -0.39 is 5.97 Å². The molecule has 5 nitrogen and oxygen atoms in total. The minimum absolute atomic E-state index is 0.0642. The number of nitrogens with one attached hydrogen (secondary N) is 1. The number of phenolic OH excluding ortho intramolecular Hbond substituents is 1. The van der Waals surface area contributed by atoms with Crippen LogP contribution in [0.3, 0.4) is 0 Å². The van der Waals surface area contributed by atoms with Crippen LogP contribution in [-0.4, -0.2) is 35.9 Å². The van der Waals surface area contributed by atoms with Gasteiger partial charge in [-0.25, -0.2) is 4.79 Å². The Morgan fingerprint density at radius 3 is 2.88 bits per heavy atom. The van der Waals surface area contributed by atoms with E-state index in [0.29, 0.717) is 12.1 Å². The molecule has 0 unspecified atom stereocenters. The maximum Gasteiger partial charge on any atom is 0.342 e. The summed E-state index contributed by atoms with van der Waals surface area (Å²) >= 11 is 3.45. The molecule has 1 aromatic carbocycles. The van der Waals surface area contributed by atoms with E-state index in [1.807, 2.05) is 11.4 Å². The van der Waals surface area contributed by atoms with E-state index in [2.05, 4.69) is 11.4 Å². The Labute approximate surface area is 149 Å². The molecule has 2 N–H and O–H groups in total. The molecular weight excluding hydrogens is 346 g/mol. The molecule has 2 aromatic rings. The van der Waals surface area contributed by atoms with Gasteiger partial charge < -0.3 is 15.2 Å². The first-order valence-electron chi connectivity index (χ1n) is 7.40. The van der Waals surface area contributed by atoms with Crippen molar-refractivity contribution in [1.82, 2.24) is 5.32 Å². The lowest BCUT2D eigenvalue weighted by Gasteiger charge is -2.08. The van der Waals surface area contributed by atoms with Crippen molar-refractivity contribution in [1.29, 1.82) is 0 Å². The van der Waals surface area contributed by atoms with Crippen molar-refractivity contribution in [3.05, 3.63) is 51.7 Å². The molecule has 0 fully saturated rings. The first-order chi connectivity index (χ1) is 11.6. The maximum absolute atomic E-state index is 11.9. The number of aromatic hydroxyl groups is 1. The molecule has 2 rings (SSSR count). The van der Waals surface area contributed by atoms with E-state index in [1.165, 1.54) is 10.9 Å². The van der Waals surface area contributed by atoms with E-state index in [4.69, 9.17) is 4.74 Å². The maximum atomic E-state index is 11.9. The average molecular weight is 365 g/mol. The van der Waals surface area contributed by atoms with Gasteiger partial charge in [-0.1, -0.05) is 18.2 Å². The molecule has 1 heterocycles. The SMILES string of the molecule is Cc1cccc(C(=O)OCC(=O)NCCSCc2cccs2)c1O.